The van der Waals surface area contributed by atoms with Gasteiger partial charge in [0.15, 0.2) is 0 Å². The van der Waals surface area contributed by atoms with Crippen molar-refractivity contribution in [2.75, 3.05) is 5.32 Å². The number of amides is 2. The molecule has 0 spiro atoms. The van der Waals surface area contributed by atoms with Crippen LogP contribution in [-0.2, 0) is 0 Å². The third-order valence-corrected chi connectivity index (χ3v) is 3.61. The summed E-state index contributed by atoms with van der Waals surface area (Å²) in [4.78, 5) is 24.6. The average molecular weight is 294 g/mol. The molecule has 1 aliphatic rings. The van der Waals surface area contributed by atoms with Crippen LogP contribution in [-0.4, -0.2) is 17.9 Å². The Balaban J connectivity index is 1.79. The lowest BCUT2D eigenvalue weighted by atomic mass is 10.1. The summed E-state index contributed by atoms with van der Waals surface area (Å²) in [7, 11) is 0. The Morgan fingerprint density at radius 3 is 2.50 bits per heavy atom. The second kappa shape index (κ2) is 6.02. The fourth-order valence-corrected chi connectivity index (χ4v) is 2.26. The Morgan fingerprint density at radius 2 is 1.77 bits per heavy atom. The Labute approximate surface area is 129 Å². The minimum atomic E-state index is -0.213. The highest BCUT2D eigenvalue weighted by Gasteiger charge is 2.25. The second-order valence-corrected chi connectivity index (χ2v) is 5.62. The number of nitrogens with one attached hydrogen (secondary N) is 2. The standard InChI is InChI=1S/C18H18N2O2/c1-12-5-4-6-13(11-12)17(21)20-16-8-3-2-7-15(16)18(22)19-14-9-10-14/h2-8,11,14H,9-10H2,1H3,(H,19,22)(H,20,21). The molecule has 0 saturated heterocycles. The summed E-state index contributed by atoms with van der Waals surface area (Å²) in [6.07, 6.45) is 2.06. The van der Waals surface area contributed by atoms with Crippen molar-refractivity contribution in [3.63, 3.8) is 0 Å². The van der Waals surface area contributed by atoms with Gasteiger partial charge in [0, 0.05) is 11.6 Å². The molecule has 0 aliphatic heterocycles. The van der Waals surface area contributed by atoms with Crippen LogP contribution in [0, 0.1) is 6.92 Å². The Bertz CT molecular complexity index is 721. The fourth-order valence-electron chi connectivity index (χ4n) is 2.26. The van der Waals surface area contributed by atoms with Gasteiger partial charge in [-0.15, -0.1) is 0 Å². The van der Waals surface area contributed by atoms with E-state index < -0.39 is 0 Å². The Hall–Kier alpha value is -2.62. The summed E-state index contributed by atoms with van der Waals surface area (Å²) in [5, 5.41) is 5.77. The molecule has 112 valence electrons. The van der Waals surface area contributed by atoms with Crippen molar-refractivity contribution in [2.24, 2.45) is 0 Å². The maximum atomic E-state index is 12.3. The van der Waals surface area contributed by atoms with Gasteiger partial charge in [0.25, 0.3) is 11.8 Å². The van der Waals surface area contributed by atoms with Gasteiger partial charge in [-0.1, -0.05) is 29.8 Å². The van der Waals surface area contributed by atoms with Gasteiger partial charge in [-0.3, -0.25) is 9.59 Å². The third-order valence-electron chi connectivity index (χ3n) is 3.61. The number of carbonyl (C=O) groups is 2. The van der Waals surface area contributed by atoms with Gasteiger partial charge in [-0.05, 0) is 44.0 Å². The smallest absolute Gasteiger partial charge is 0.255 e. The van der Waals surface area contributed by atoms with Gasteiger partial charge < -0.3 is 10.6 Å². The zero-order chi connectivity index (χ0) is 15.5. The van der Waals surface area contributed by atoms with Crippen molar-refractivity contribution in [3.05, 3.63) is 65.2 Å². The number of para-hydroxylation sites is 1. The SMILES string of the molecule is Cc1cccc(C(=O)Nc2ccccc2C(=O)NC2CC2)c1. The van der Waals surface area contributed by atoms with E-state index in [0.717, 1.165) is 18.4 Å². The summed E-state index contributed by atoms with van der Waals surface area (Å²) in [6.45, 7) is 1.94. The number of carbonyl (C=O) groups excluding carboxylic acids is 2. The number of benzene rings is 2. The predicted molar refractivity (Wildman–Crippen MR) is 86.1 cm³/mol. The van der Waals surface area contributed by atoms with E-state index in [1.165, 1.54) is 0 Å². The first-order valence-electron chi connectivity index (χ1n) is 7.41. The van der Waals surface area contributed by atoms with Gasteiger partial charge >= 0.3 is 0 Å². The van der Waals surface area contributed by atoms with Crippen LogP contribution in [0.4, 0.5) is 5.69 Å². The predicted octanol–water partition coefficient (Wildman–Crippen LogP) is 3.14. The summed E-state index contributed by atoms with van der Waals surface area (Å²) >= 11 is 0. The largest absolute Gasteiger partial charge is 0.349 e. The molecule has 22 heavy (non-hydrogen) atoms. The van der Waals surface area contributed by atoms with Crippen LogP contribution >= 0.6 is 0 Å². The minimum Gasteiger partial charge on any atom is -0.349 e. The van der Waals surface area contributed by atoms with Crippen LogP contribution in [0.25, 0.3) is 0 Å². The van der Waals surface area contributed by atoms with Crippen molar-refractivity contribution in [1.82, 2.24) is 5.32 Å². The van der Waals surface area contributed by atoms with Crippen LogP contribution < -0.4 is 10.6 Å². The average Bonchev–Trinajstić information content (AvgIpc) is 3.31. The summed E-state index contributed by atoms with van der Waals surface area (Å²) in [5.74, 6) is -0.349. The third kappa shape index (κ3) is 3.34. The number of anilines is 1. The molecule has 0 atom stereocenters. The molecule has 1 aliphatic carbocycles. The van der Waals surface area contributed by atoms with Gasteiger partial charge in [0.2, 0.25) is 0 Å². The van der Waals surface area contributed by atoms with Crippen LogP contribution in [0.2, 0.25) is 0 Å². The van der Waals surface area contributed by atoms with Gasteiger partial charge in [0.1, 0.15) is 0 Å². The number of hydrogen-bond acceptors (Lipinski definition) is 2. The lowest BCUT2D eigenvalue weighted by Gasteiger charge is -2.11. The molecule has 2 amide bonds. The van der Waals surface area contributed by atoms with Gasteiger partial charge in [-0.25, -0.2) is 0 Å². The van der Waals surface area contributed by atoms with E-state index in [9.17, 15) is 9.59 Å². The highest BCUT2D eigenvalue weighted by atomic mass is 16.2. The molecule has 2 aromatic carbocycles. The molecule has 2 aromatic rings. The molecule has 0 unspecified atom stereocenters. The highest BCUT2D eigenvalue weighted by molar-refractivity contribution is 6.09. The summed E-state index contributed by atoms with van der Waals surface area (Å²) in [5.41, 5.74) is 2.63. The van der Waals surface area contributed by atoms with E-state index in [1.54, 1.807) is 30.3 Å². The fraction of sp³-hybridized carbons (Fsp3) is 0.222. The number of aryl methyl sites for hydroxylation is 1. The molecule has 0 aromatic heterocycles. The first-order chi connectivity index (χ1) is 10.6. The Morgan fingerprint density at radius 1 is 1.00 bits per heavy atom. The summed E-state index contributed by atoms with van der Waals surface area (Å²) in [6, 6.07) is 14.7. The van der Waals surface area contributed by atoms with Crippen molar-refractivity contribution < 1.29 is 9.59 Å². The molecule has 1 saturated carbocycles. The lowest BCUT2D eigenvalue weighted by Crippen LogP contribution is -2.27. The number of hydrogen-bond donors (Lipinski definition) is 2. The zero-order valence-electron chi connectivity index (χ0n) is 12.4. The molecule has 4 nitrogen and oxygen atoms in total. The molecule has 0 heterocycles. The monoisotopic (exact) mass is 294 g/mol. The topological polar surface area (TPSA) is 58.2 Å². The van der Waals surface area contributed by atoms with Crippen molar-refractivity contribution >= 4 is 17.5 Å². The molecule has 1 fully saturated rings. The van der Waals surface area contributed by atoms with Gasteiger partial charge in [-0.2, -0.15) is 0 Å². The molecule has 0 radical (unpaired) electrons. The number of rotatable bonds is 4. The van der Waals surface area contributed by atoms with Crippen LogP contribution in [0.5, 0.6) is 0 Å². The van der Waals surface area contributed by atoms with Crippen molar-refractivity contribution in [1.29, 1.82) is 0 Å². The first kappa shape index (κ1) is 14.3. The van der Waals surface area contributed by atoms with Crippen LogP contribution in [0.1, 0.15) is 39.1 Å². The quantitative estimate of drug-likeness (QED) is 0.910. The highest BCUT2D eigenvalue weighted by Crippen LogP contribution is 2.22. The van der Waals surface area contributed by atoms with Crippen LogP contribution in [0.15, 0.2) is 48.5 Å². The zero-order valence-corrected chi connectivity index (χ0v) is 12.4. The van der Waals surface area contributed by atoms with E-state index in [0.29, 0.717) is 16.8 Å². The molecular formula is C18H18N2O2. The molecule has 4 heteroatoms. The van der Waals surface area contributed by atoms with Crippen LogP contribution in [0.3, 0.4) is 0 Å². The molecular weight excluding hydrogens is 276 g/mol. The normalized spacial score (nSPS) is 13.5. The van der Waals surface area contributed by atoms with E-state index in [-0.39, 0.29) is 17.9 Å². The Kier molecular flexibility index (Phi) is 3.92. The van der Waals surface area contributed by atoms with E-state index >= 15 is 0 Å². The minimum absolute atomic E-state index is 0.136. The van der Waals surface area contributed by atoms with E-state index in [1.807, 2.05) is 25.1 Å². The van der Waals surface area contributed by atoms with Gasteiger partial charge in [0.05, 0.1) is 11.3 Å². The van der Waals surface area contributed by atoms with Crippen molar-refractivity contribution in [3.8, 4) is 0 Å². The van der Waals surface area contributed by atoms with E-state index in [2.05, 4.69) is 10.6 Å². The molecule has 0 bridgehead atoms. The second-order valence-electron chi connectivity index (χ2n) is 5.62. The lowest BCUT2D eigenvalue weighted by molar-refractivity contribution is 0.0952. The molecule has 2 N–H and O–H groups in total. The van der Waals surface area contributed by atoms with E-state index in [4.69, 9.17) is 0 Å². The first-order valence-corrected chi connectivity index (χ1v) is 7.41. The maximum Gasteiger partial charge on any atom is 0.255 e. The molecule has 3 rings (SSSR count). The van der Waals surface area contributed by atoms with Crippen molar-refractivity contribution in [2.45, 2.75) is 25.8 Å². The summed E-state index contributed by atoms with van der Waals surface area (Å²) < 4.78 is 0. The maximum absolute atomic E-state index is 12.3.